The third-order valence-corrected chi connectivity index (χ3v) is 5.69. The molecule has 0 N–H and O–H groups in total. The van der Waals surface area contributed by atoms with Gasteiger partial charge in [-0.05, 0) is 35.9 Å². The standard InChI is InChI=1S/C31H44O13/c1-34-5-7-38-9-11-40-13-15-42-27-17-24(18-28(22-27)43-16-14-41-12-10-39-8-6-35-2)23-44-29-20-25(30(32)36-3)19-26(21-29)31(33)37-4/h17-22H,5-16,23H2,1-4H3. The van der Waals surface area contributed by atoms with Crippen LogP contribution < -0.4 is 14.2 Å². The van der Waals surface area contributed by atoms with E-state index in [9.17, 15) is 9.59 Å². The minimum absolute atomic E-state index is 0.0867. The SMILES string of the molecule is COCCOCCOCCOc1cc(COc2cc(C(=O)OC)cc(C(=O)OC)c2)cc(OCCOCCOCCOC)c1. The van der Waals surface area contributed by atoms with Gasteiger partial charge in [0.1, 0.15) is 37.1 Å². The van der Waals surface area contributed by atoms with Crippen LogP contribution in [0.3, 0.4) is 0 Å². The first-order chi connectivity index (χ1) is 21.5. The van der Waals surface area contributed by atoms with E-state index >= 15 is 0 Å². The molecular formula is C31H44O13. The van der Waals surface area contributed by atoms with Gasteiger partial charge in [0.05, 0.1) is 91.4 Å². The molecule has 0 unspecified atom stereocenters. The second-order valence-corrected chi connectivity index (χ2v) is 8.96. The third kappa shape index (κ3) is 15.3. The zero-order chi connectivity index (χ0) is 31.8. The molecule has 2 aromatic carbocycles. The molecule has 0 fully saturated rings. The van der Waals surface area contributed by atoms with Crippen molar-refractivity contribution in [3.8, 4) is 17.2 Å². The smallest absolute Gasteiger partial charge is 0.338 e. The van der Waals surface area contributed by atoms with Gasteiger partial charge in [0, 0.05) is 20.3 Å². The summed E-state index contributed by atoms with van der Waals surface area (Å²) in [6.45, 7) is 5.31. The van der Waals surface area contributed by atoms with Crippen LogP contribution in [0.15, 0.2) is 36.4 Å². The predicted molar refractivity (Wildman–Crippen MR) is 158 cm³/mol. The van der Waals surface area contributed by atoms with E-state index in [2.05, 4.69) is 0 Å². The molecule has 13 heteroatoms. The van der Waals surface area contributed by atoms with Crippen molar-refractivity contribution in [3.63, 3.8) is 0 Å². The quantitative estimate of drug-likeness (QED) is 0.118. The molecule has 13 nitrogen and oxygen atoms in total. The van der Waals surface area contributed by atoms with Crippen molar-refractivity contribution in [1.29, 1.82) is 0 Å². The summed E-state index contributed by atoms with van der Waals surface area (Å²) in [5.41, 5.74) is 1.03. The van der Waals surface area contributed by atoms with Crippen molar-refractivity contribution in [2.45, 2.75) is 6.61 Å². The van der Waals surface area contributed by atoms with E-state index in [0.29, 0.717) is 90.8 Å². The van der Waals surface area contributed by atoms with Gasteiger partial charge in [-0.25, -0.2) is 9.59 Å². The fourth-order valence-corrected chi connectivity index (χ4v) is 3.57. The number of esters is 2. The molecule has 2 rings (SSSR count). The van der Waals surface area contributed by atoms with E-state index in [4.69, 9.17) is 52.1 Å². The number of ether oxygens (including phenoxy) is 11. The van der Waals surface area contributed by atoms with Gasteiger partial charge >= 0.3 is 11.9 Å². The van der Waals surface area contributed by atoms with Crippen LogP contribution in [-0.2, 0) is 44.5 Å². The molecule has 0 saturated heterocycles. The molecule has 2 aromatic rings. The number of methoxy groups -OCH3 is 4. The molecule has 0 bridgehead atoms. The van der Waals surface area contributed by atoms with E-state index in [-0.39, 0.29) is 23.5 Å². The van der Waals surface area contributed by atoms with E-state index in [1.807, 2.05) is 0 Å². The van der Waals surface area contributed by atoms with Gasteiger partial charge in [-0.15, -0.1) is 0 Å². The van der Waals surface area contributed by atoms with Crippen LogP contribution in [0, 0.1) is 0 Å². The largest absolute Gasteiger partial charge is 0.491 e. The minimum atomic E-state index is -0.612. The Morgan fingerprint density at radius 3 is 1.25 bits per heavy atom. The molecule has 0 spiro atoms. The summed E-state index contributed by atoms with van der Waals surface area (Å²) >= 11 is 0. The number of hydrogen-bond acceptors (Lipinski definition) is 13. The maximum Gasteiger partial charge on any atom is 0.338 e. The van der Waals surface area contributed by atoms with Gasteiger partial charge in [0.2, 0.25) is 0 Å². The Morgan fingerprint density at radius 2 is 0.841 bits per heavy atom. The highest BCUT2D eigenvalue weighted by atomic mass is 16.6. The van der Waals surface area contributed by atoms with Crippen LogP contribution in [0.4, 0.5) is 0 Å². The van der Waals surface area contributed by atoms with E-state index in [1.165, 1.54) is 32.4 Å². The molecule has 0 aliphatic carbocycles. The van der Waals surface area contributed by atoms with Crippen molar-refractivity contribution in [2.75, 3.05) is 108 Å². The highest BCUT2D eigenvalue weighted by Gasteiger charge is 2.15. The summed E-state index contributed by atoms with van der Waals surface area (Å²) in [5.74, 6) is 0.155. The Bertz CT molecular complexity index is 1020. The van der Waals surface area contributed by atoms with E-state index < -0.39 is 11.9 Å². The van der Waals surface area contributed by atoms with Crippen LogP contribution in [0.5, 0.6) is 17.2 Å². The molecule has 0 amide bonds. The van der Waals surface area contributed by atoms with Gasteiger partial charge in [-0.1, -0.05) is 0 Å². The number of hydrogen-bond donors (Lipinski definition) is 0. The zero-order valence-electron chi connectivity index (χ0n) is 26.0. The van der Waals surface area contributed by atoms with Gasteiger partial charge in [-0.2, -0.15) is 0 Å². The third-order valence-electron chi connectivity index (χ3n) is 5.69. The lowest BCUT2D eigenvalue weighted by molar-refractivity contribution is 0.0174. The summed E-state index contributed by atoms with van der Waals surface area (Å²) in [4.78, 5) is 24.3. The summed E-state index contributed by atoms with van der Waals surface area (Å²) in [6.07, 6.45) is 0. The van der Waals surface area contributed by atoms with Gasteiger partial charge in [0.25, 0.3) is 0 Å². The molecule has 44 heavy (non-hydrogen) atoms. The minimum Gasteiger partial charge on any atom is -0.491 e. The first-order valence-electron chi connectivity index (χ1n) is 14.1. The van der Waals surface area contributed by atoms with Crippen LogP contribution in [-0.4, -0.2) is 120 Å². The summed E-state index contributed by atoms with van der Waals surface area (Å²) in [5, 5.41) is 0. The van der Waals surface area contributed by atoms with Crippen LogP contribution in [0.1, 0.15) is 26.3 Å². The van der Waals surface area contributed by atoms with E-state index in [0.717, 1.165) is 5.56 Å². The van der Waals surface area contributed by atoms with Crippen molar-refractivity contribution >= 4 is 11.9 Å². The molecule has 0 aromatic heterocycles. The second kappa shape index (κ2) is 23.0. The monoisotopic (exact) mass is 624 g/mol. The van der Waals surface area contributed by atoms with Gasteiger partial charge < -0.3 is 52.1 Å². The lowest BCUT2D eigenvalue weighted by Crippen LogP contribution is -2.13. The van der Waals surface area contributed by atoms with Crippen LogP contribution >= 0.6 is 0 Å². The molecule has 246 valence electrons. The number of rotatable bonds is 25. The van der Waals surface area contributed by atoms with Gasteiger partial charge in [0.15, 0.2) is 0 Å². The maximum atomic E-state index is 12.1. The van der Waals surface area contributed by atoms with Crippen molar-refractivity contribution in [2.24, 2.45) is 0 Å². The normalized spacial score (nSPS) is 10.8. The Hall–Kier alpha value is -3.46. The lowest BCUT2D eigenvalue weighted by atomic mass is 10.1. The highest BCUT2D eigenvalue weighted by molar-refractivity contribution is 5.96. The lowest BCUT2D eigenvalue weighted by Gasteiger charge is -2.14. The molecule has 0 radical (unpaired) electrons. The van der Waals surface area contributed by atoms with Crippen molar-refractivity contribution < 1.29 is 61.7 Å². The Morgan fingerprint density at radius 1 is 0.455 bits per heavy atom. The molecule has 0 aliphatic heterocycles. The summed E-state index contributed by atoms with van der Waals surface area (Å²) in [6, 6.07) is 9.73. The first kappa shape index (κ1) is 36.7. The number of carbonyl (C=O) groups is 2. The number of benzene rings is 2. The number of carbonyl (C=O) groups excluding carboxylic acids is 2. The molecule has 0 saturated carbocycles. The highest BCUT2D eigenvalue weighted by Crippen LogP contribution is 2.26. The fraction of sp³-hybridized carbons (Fsp3) is 0.548. The average molecular weight is 625 g/mol. The predicted octanol–water partition coefficient (Wildman–Crippen LogP) is 2.96. The molecule has 0 atom stereocenters. The van der Waals surface area contributed by atoms with E-state index in [1.54, 1.807) is 32.4 Å². The summed E-state index contributed by atoms with van der Waals surface area (Å²) in [7, 11) is 5.75. The van der Waals surface area contributed by atoms with Crippen molar-refractivity contribution in [3.05, 3.63) is 53.1 Å². The first-order valence-corrected chi connectivity index (χ1v) is 14.1. The van der Waals surface area contributed by atoms with Crippen LogP contribution in [0.25, 0.3) is 0 Å². The maximum absolute atomic E-state index is 12.1. The fourth-order valence-electron chi connectivity index (χ4n) is 3.57. The summed E-state index contributed by atoms with van der Waals surface area (Å²) < 4.78 is 59.1. The molecule has 0 heterocycles. The Labute approximate surface area is 258 Å². The van der Waals surface area contributed by atoms with Gasteiger partial charge in [-0.3, -0.25) is 0 Å². The topological polar surface area (TPSA) is 136 Å². The van der Waals surface area contributed by atoms with Crippen LogP contribution in [0.2, 0.25) is 0 Å². The Balaban J connectivity index is 2.00. The zero-order valence-corrected chi connectivity index (χ0v) is 26.0. The second-order valence-electron chi connectivity index (χ2n) is 8.96. The Kier molecular flexibility index (Phi) is 19.2. The molecule has 0 aliphatic rings. The average Bonchev–Trinajstić information content (AvgIpc) is 3.04. The van der Waals surface area contributed by atoms with Crippen molar-refractivity contribution in [1.82, 2.24) is 0 Å². The molecular weight excluding hydrogens is 580 g/mol.